The third kappa shape index (κ3) is 2.26. The number of hydrogen-bond donors (Lipinski definition) is 1. The summed E-state index contributed by atoms with van der Waals surface area (Å²) in [5.74, 6) is -3.19. The maximum absolute atomic E-state index is 13.2. The summed E-state index contributed by atoms with van der Waals surface area (Å²) in [5.41, 5.74) is 6.66. The van der Waals surface area contributed by atoms with E-state index in [0.717, 1.165) is 11.3 Å². The van der Waals surface area contributed by atoms with Crippen LogP contribution < -0.4 is 5.73 Å². The summed E-state index contributed by atoms with van der Waals surface area (Å²) in [7, 11) is 0. The van der Waals surface area contributed by atoms with E-state index in [4.69, 9.17) is 10.5 Å². The molecule has 0 spiro atoms. The number of nitrogen functional groups attached to an aromatic ring is 1. The summed E-state index contributed by atoms with van der Waals surface area (Å²) in [6.07, 6.45) is -0.372. The second kappa shape index (κ2) is 4.25. The van der Waals surface area contributed by atoms with Crippen molar-refractivity contribution in [3.05, 3.63) is 16.0 Å². The number of nitrogens with two attached hydrogens (primary N) is 1. The van der Waals surface area contributed by atoms with Gasteiger partial charge in [0.25, 0.3) is 5.92 Å². The van der Waals surface area contributed by atoms with Crippen LogP contribution in [0.15, 0.2) is 0 Å². The number of halogens is 2. The Bertz CT molecular complexity index is 457. The maximum Gasteiger partial charge on any atom is 0.341 e. The van der Waals surface area contributed by atoms with Gasteiger partial charge < -0.3 is 10.5 Å². The molecule has 1 heterocycles. The van der Waals surface area contributed by atoms with Crippen LogP contribution in [0.25, 0.3) is 0 Å². The Labute approximate surface area is 102 Å². The van der Waals surface area contributed by atoms with Crippen molar-refractivity contribution >= 4 is 22.3 Å². The van der Waals surface area contributed by atoms with E-state index in [0.29, 0.717) is 16.0 Å². The van der Waals surface area contributed by atoms with Crippen molar-refractivity contribution in [2.24, 2.45) is 0 Å². The van der Waals surface area contributed by atoms with Gasteiger partial charge in [0.15, 0.2) is 0 Å². The molecule has 0 bridgehead atoms. The monoisotopic (exact) mass is 261 g/mol. The highest BCUT2D eigenvalue weighted by molar-refractivity contribution is 7.16. The number of anilines is 1. The SMILES string of the molecule is CCOC(=O)c1c(N)sc2c1CCC(F)(F)C2. The molecule has 0 saturated heterocycles. The molecular formula is C11H13F2NO2S. The van der Waals surface area contributed by atoms with Crippen molar-refractivity contribution in [2.75, 3.05) is 12.3 Å². The van der Waals surface area contributed by atoms with Crippen molar-refractivity contribution < 1.29 is 18.3 Å². The Kier molecular flexibility index (Phi) is 3.07. The second-order valence-electron chi connectivity index (χ2n) is 4.00. The van der Waals surface area contributed by atoms with Gasteiger partial charge in [-0.05, 0) is 18.9 Å². The third-order valence-electron chi connectivity index (χ3n) is 2.76. The first-order valence-electron chi connectivity index (χ1n) is 5.39. The van der Waals surface area contributed by atoms with Gasteiger partial charge in [-0.3, -0.25) is 0 Å². The summed E-state index contributed by atoms with van der Waals surface area (Å²) in [6.45, 7) is 1.94. The van der Waals surface area contributed by atoms with E-state index < -0.39 is 11.9 Å². The van der Waals surface area contributed by atoms with Crippen molar-refractivity contribution in [3.8, 4) is 0 Å². The van der Waals surface area contributed by atoms with Gasteiger partial charge in [-0.15, -0.1) is 11.3 Å². The van der Waals surface area contributed by atoms with Crippen LogP contribution in [0, 0.1) is 0 Å². The van der Waals surface area contributed by atoms with Crippen LogP contribution in [0.2, 0.25) is 0 Å². The fraction of sp³-hybridized carbons (Fsp3) is 0.545. The van der Waals surface area contributed by atoms with Crippen LogP contribution in [0.5, 0.6) is 0 Å². The molecule has 1 aromatic heterocycles. The Balaban J connectivity index is 2.37. The normalized spacial score (nSPS) is 17.6. The van der Waals surface area contributed by atoms with Crippen LogP contribution in [0.4, 0.5) is 13.8 Å². The van der Waals surface area contributed by atoms with Gasteiger partial charge >= 0.3 is 5.97 Å². The van der Waals surface area contributed by atoms with E-state index in [1.807, 2.05) is 0 Å². The van der Waals surface area contributed by atoms with Gasteiger partial charge in [0, 0.05) is 17.7 Å². The molecule has 2 rings (SSSR count). The second-order valence-corrected chi connectivity index (χ2v) is 5.13. The molecule has 0 amide bonds. The van der Waals surface area contributed by atoms with Crippen molar-refractivity contribution in [2.45, 2.75) is 32.1 Å². The molecule has 1 aromatic rings. The highest BCUT2D eigenvalue weighted by Crippen LogP contribution is 2.41. The first-order valence-corrected chi connectivity index (χ1v) is 6.21. The fourth-order valence-corrected chi connectivity index (χ4v) is 3.18. The van der Waals surface area contributed by atoms with Gasteiger partial charge in [-0.25, -0.2) is 13.6 Å². The van der Waals surface area contributed by atoms with Crippen molar-refractivity contribution in [3.63, 3.8) is 0 Å². The van der Waals surface area contributed by atoms with E-state index in [9.17, 15) is 13.6 Å². The van der Waals surface area contributed by atoms with Crippen LogP contribution in [-0.4, -0.2) is 18.5 Å². The largest absolute Gasteiger partial charge is 0.462 e. The summed E-state index contributed by atoms with van der Waals surface area (Å²) in [5, 5.41) is 0.283. The number of ether oxygens (including phenoxy) is 1. The molecule has 0 fully saturated rings. The number of thiophene rings is 1. The number of carbonyl (C=O) groups is 1. The number of esters is 1. The first-order chi connectivity index (χ1) is 7.94. The lowest BCUT2D eigenvalue weighted by atomic mass is 9.93. The van der Waals surface area contributed by atoms with E-state index >= 15 is 0 Å². The number of fused-ring (bicyclic) bond motifs is 1. The van der Waals surface area contributed by atoms with Crippen LogP contribution in [0.3, 0.4) is 0 Å². The molecule has 0 aliphatic heterocycles. The lowest BCUT2D eigenvalue weighted by Gasteiger charge is -2.21. The molecule has 0 unspecified atom stereocenters. The molecule has 6 heteroatoms. The molecule has 94 valence electrons. The number of rotatable bonds is 2. The zero-order chi connectivity index (χ0) is 12.6. The molecule has 17 heavy (non-hydrogen) atoms. The lowest BCUT2D eigenvalue weighted by Crippen LogP contribution is -2.25. The summed E-state index contributed by atoms with van der Waals surface area (Å²) < 4.78 is 31.3. The van der Waals surface area contributed by atoms with Gasteiger partial charge in [-0.2, -0.15) is 0 Å². The minimum Gasteiger partial charge on any atom is -0.462 e. The number of hydrogen-bond acceptors (Lipinski definition) is 4. The fourth-order valence-electron chi connectivity index (χ4n) is 2.00. The van der Waals surface area contributed by atoms with E-state index in [2.05, 4.69) is 0 Å². The topological polar surface area (TPSA) is 52.3 Å². The Hall–Kier alpha value is -1.17. The zero-order valence-electron chi connectivity index (χ0n) is 9.39. The van der Waals surface area contributed by atoms with Crippen LogP contribution >= 0.6 is 11.3 Å². The van der Waals surface area contributed by atoms with Crippen LogP contribution in [-0.2, 0) is 17.6 Å². The van der Waals surface area contributed by atoms with Gasteiger partial charge in [0.05, 0.1) is 12.2 Å². The van der Waals surface area contributed by atoms with Crippen molar-refractivity contribution in [1.82, 2.24) is 0 Å². The quantitative estimate of drug-likeness (QED) is 0.833. The van der Waals surface area contributed by atoms with Crippen molar-refractivity contribution in [1.29, 1.82) is 0 Å². The molecular weight excluding hydrogens is 248 g/mol. The van der Waals surface area contributed by atoms with Gasteiger partial charge in [0.1, 0.15) is 5.00 Å². The average molecular weight is 261 g/mol. The summed E-state index contributed by atoms with van der Waals surface area (Å²) in [6, 6.07) is 0. The Morgan fingerprint density at radius 2 is 2.29 bits per heavy atom. The predicted octanol–water partition coefficient (Wildman–Crippen LogP) is 2.63. The predicted molar refractivity (Wildman–Crippen MR) is 61.7 cm³/mol. The van der Waals surface area contributed by atoms with E-state index in [1.54, 1.807) is 6.92 Å². The molecule has 0 radical (unpaired) electrons. The Morgan fingerprint density at radius 3 is 2.94 bits per heavy atom. The highest BCUT2D eigenvalue weighted by atomic mass is 32.1. The van der Waals surface area contributed by atoms with Crippen LogP contribution in [0.1, 0.15) is 34.1 Å². The number of carbonyl (C=O) groups excluding carboxylic acids is 1. The average Bonchev–Trinajstić information content (AvgIpc) is 2.51. The summed E-state index contributed by atoms with van der Waals surface area (Å²) in [4.78, 5) is 12.2. The number of alkyl halides is 2. The molecule has 0 atom stereocenters. The molecule has 1 aliphatic rings. The smallest absolute Gasteiger partial charge is 0.341 e. The van der Waals surface area contributed by atoms with E-state index in [1.165, 1.54) is 0 Å². The minimum absolute atomic E-state index is 0.185. The minimum atomic E-state index is -2.68. The maximum atomic E-state index is 13.2. The molecule has 0 saturated carbocycles. The molecule has 1 aliphatic carbocycles. The zero-order valence-corrected chi connectivity index (χ0v) is 10.2. The molecule has 2 N–H and O–H groups in total. The molecule has 0 aromatic carbocycles. The molecule has 3 nitrogen and oxygen atoms in total. The first kappa shape index (κ1) is 12.3. The van der Waals surface area contributed by atoms with Gasteiger partial charge in [-0.1, -0.05) is 0 Å². The standard InChI is InChI=1S/C11H13F2NO2S/c1-2-16-10(15)8-6-3-4-11(12,13)5-7(6)17-9(8)14/h2-5,14H2,1H3. The highest BCUT2D eigenvalue weighted by Gasteiger charge is 2.38. The Morgan fingerprint density at radius 1 is 1.59 bits per heavy atom. The van der Waals surface area contributed by atoms with E-state index in [-0.39, 0.29) is 30.9 Å². The summed E-state index contributed by atoms with van der Waals surface area (Å²) >= 11 is 1.07. The lowest BCUT2D eigenvalue weighted by molar-refractivity contribution is -0.0114. The van der Waals surface area contributed by atoms with Gasteiger partial charge in [0.2, 0.25) is 0 Å². The third-order valence-corrected chi connectivity index (χ3v) is 3.82.